The van der Waals surface area contributed by atoms with Crippen LogP contribution in [0, 0.1) is 5.92 Å². The second-order valence-corrected chi connectivity index (χ2v) is 7.26. The van der Waals surface area contributed by atoms with Crippen molar-refractivity contribution in [2.75, 3.05) is 20.6 Å². The van der Waals surface area contributed by atoms with Gasteiger partial charge in [0.25, 0.3) is 0 Å². The molecule has 1 aromatic rings. The SMILES string of the molecule is CCC(CC)C(CNC1CCCc2sccc21)N(C)C. The number of thiophene rings is 1. The van der Waals surface area contributed by atoms with Crippen molar-refractivity contribution in [2.24, 2.45) is 5.92 Å². The normalized spacial score (nSPS) is 20.4. The average Bonchev–Trinajstić information content (AvgIpc) is 2.92. The van der Waals surface area contributed by atoms with Gasteiger partial charge in [-0.2, -0.15) is 0 Å². The predicted molar refractivity (Wildman–Crippen MR) is 89.5 cm³/mol. The molecule has 0 aromatic carbocycles. The highest BCUT2D eigenvalue weighted by atomic mass is 32.1. The fraction of sp³-hybridized carbons (Fsp3) is 0.765. The first kappa shape index (κ1) is 16.0. The van der Waals surface area contributed by atoms with Crippen LogP contribution >= 0.6 is 11.3 Å². The Morgan fingerprint density at radius 2 is 2.10 bits per heavy atom. The van der Waals surface area contributed by atoms with Gasteiger partial charge in [-0.1, -0.05) is 26.7 Å². The minimum Gasteiger partial charge on any atom is -0.308 e. The van der Waals surface area contributed by atoms with Gasteiger partial charge in [0.05, 0.1) is 0 Å². The van der Waals surface area contributed by atoms with Crippen molar-refractivity contribution in [1.82, 2.24) is 10.2 Å². The van der Waals surface area contributed by atoms with Crippen molar-refractivity contribution in [3.8, 4) is 0 Å². The van der Waals surface area contributed by atoms with Crippen LogP contribution in [0.3, 0.4) is 0 Å². The molecule has 0 saturated heterocycles. The molecule has 0 bridgehead atoms. The van der Waals surface area contributed by atoms with Crippen LogP contribution in [0.25, 0.3) is 0 Å². The Morgan fingerprint density at radius 1 is 1.35 bits per heavy atom. The van der Waals surface area contributed by atoms with Crippen LogP contribution in [0.4, 0.5) is 0 Å². The standard InChI is InChI=1S/C17H30N2S/c1-5-13(6-2)16(19(3)4)12-18-15-8-7-9-17-14(15)10-11-20-17/h10-11,13,15-16,18H,5-9,12H2,1-4H3. The minimum absolute atomic E-state index is 0.585. The highest BCUT2D eigenvalue weighted by molar-refractivity contribution is 7.10. The van der Waals surface area contributed by atoms with Gasteiger partial charge in [0, 0.05) is 23.5 Å². The second-order valence-electron chi connectivity index (χ2n) is 6.26. The molecule has 2 rings (SSSR count). The number of hydrogen-bond donors (Lipinski definition) is 1. The van der Waals surface area contributed by atoms with Crippen LogP contribution < -0.4 is 5.32 Å². The highest BCUT2D eigenvalue weighted by Gasteiger charge is 2.25. The number of aryl methyl sites for hydroxylation is 1. The lowest BCUT2D eigenvalue weighted by Gasteiger charge is -2.34. The van der Waals surface area contributed by atoms with Crippen molar-refractivity contribution >= 4 is 11.3 Å². The molecule has 0 radical (unpaired) electrons. The first-order valence-corrected chi connectivity index (χ1v) is 9.01. The third-order valence-corrected chi connectivity index (χ3v) is 5.88. The lowest BCUT2D eigenvalue weighted by atomic mass is 9.91. The zero-order valence-corrected chi connectivity index (χ0v) is 14.3. The molecule has 1 aromatic heterocycles. The zero-order chi connectivity index (χ0) is 14.5. The van der Waals surface area contributed by atoms with Crippen LogP contribution in [0.5, 0.6) is 0 Å². The highest BCUT2D eigenvalue weighted by Crippen LogP contribution is 2.33. The fourth-order valence-electron chi connectivity index (χ4n) is 3.57. The number of fused-ring (bicyclic) bond motifs is 1. The van der Waals surface area contributed by atoms with E-state index in [0.29, 0.717) is 12.1 Å². The Morgan fingerprint density at radius 3 is 2.75 bits per heavy atom. The van der Waals surface area contributed by atoms with E-state index in [1.807, 2.05) is 11.3 Å². The molecule has 0 spiro atoms. The van der Waals surface area contributed by atoms with Crippen molar-refractivity contribution in [3.05, 3.63) is 21.9 Å². The zero-order valence-electron chi connectivity index (χ0n) is 13.5. The van der Waals surface area contributed by atoms with E-state index in [0.717, 1.165) is 12.5 Å². The molecular weight excluding hydrogens is 264 g/mol. The minimum atomic E-state index is 0.585. The molecule has 1 aliphatic carbocycles. The fourth-order valence-corrected chi connectivity index (χ4v) is 4.55. The van der Waals surface area contributed by atoms with E-state index in [1.54, 1.807) is 10.4 Å². The third kappa shape index (κ3) is 3.63. The monoisotopic (exact) mass is 294 g/mol. The molecule has 0 amide bonds. The van der Waals surface area contributed by atoms with E-state index in [9.17, 15) is 0 Å². The molecule has 2 nitrogen and oxygen atoms in total. The first-order chi connectivity index (χ1) is 9.67. The van der Waals surface area contributed by atoms with Crippen LogP contribution in [0.2, 0.25) is 0 Å². The number of rotatable bonds is 7. The molecule has 0 fully saturated rings. The van der Waals surface area contributed by atoms with Crippen molar-refractivity contribution in [2.45, 2.75) is 58.0 Å². The van der Waals surface area contributed by atoms with E-state index in [4.69, 9.17) is 0 Å². The van der Waals surface area contributed by atoms with E-state index in [1.165, 1.54) is 32.1 Å². The number of nitrogens with one attached hydrogen (secondary N) is 1. The van der Waals surface area contributed by atoms with Crippen LogP contribution in [-0.4, -0.2) is 31.6 Å². The lowest BCUT2D eigenvalue weighted by molar-refractivity contribution is 0.187. The van der Waals surface area contributed by atoms with E-state index in [-0.39, 0.29) is 0 Å². The molecule has 2 atom stereocenters. The van der Waals surface area contributed by atoms with Gasteiger partial charge in [-0.05, 0) is 56.3 Å². The largest absolute Gasteiger partial charge is 0.308 e. The van der Waals surface area contributed by atoms with Crippen molar-refractivity contribution < 1.29 is 0 Å². The van der Waals surface area contributed by atoms with Crippen molar-refractivity contribution in [3.63, 3.8) is 0 Å². The summed E-state index contributed by atoms with van der Waals surface area (Å²) in [5.74, 6) is 0.794. The summed E-state index contributed by atoms with van der Waals surface area (Å²) < 4.78 is 0. The first-order valence-electron chi connectivity index (χ1n) is 8.13. The quantitative estimate of drug-likeness (QED) is 0.815. The van der Waals surface area contributed by atoms with Crippen LogP contribution in [0.15, 0.2) is 11.4 Å². The molecule has 0 aliphatic heterocycles. The average molecular weight is 295 g/mol. The van der Waals surface area contributed by atoms with Gasteiger partial charge < -0.3 is 10.2 Å². The van der Waals surface area contributed by atoms with Crippen LogP contribution in [0.1, 0.15) is 56.0 Å². The summed E-state index contributed by atoms with van der Waals surface area (Å²) in [7, 11) is 4.45. The van der Waals surface area contributed by atoms with E-state index < -0.39 is 0 Å². The summed E-state index contributed by atoms with van der Waals surface area (Å²) in [6.07, 6.45) is 6.47. The van der Waals surface area contributed by atoms with Gasteiger partial charge in [-0.25, -0.2) is 0 Å². The Kier molecular flexibility index (Phi) is 6.06. The Bertz CT molecular complexity index is 395. The topological polar surface area (TPSA) is 15.3 Å². The molecule has 1 N–H and O–H groups in total. The van der Waals surface area contributed by atoms with Gasteiger partial charge in [-0.3, -0.25) is 0 Å². The summed E-state index contributed by atoms with van der Waals surface area (Å²) in [6.45, 7) is 5.75. The number of likely N-dealkylation sites (N-methyl/N-ethyl adjacent to an activating group) is 1. The smallest absolute Gasteiger partial charge is 0.0332 e. The Balaban J connectivity index is 1.97. The molecule has 3 heteroatoms. The molecular formula is C17H30N2S. The summed E-state index contributed by atoms with van der Waals surface area (Å²) >= 11 is 1.93. The Labute approximate surface area is 128 Å². The molecule has 1 heterocycles. The summed E-state index contributed by atoms with van der Waals surface area (Å²) in [5, 5.41) is 6.12. The van der Waals surface area contributed by atoms with E-state index in [2.05, 4.69) is 49.6 Å². The maximum atomic E-state index is 3.86. The van der Waals surface area contributed by atoms with Gasteiger partial charge in [0.1, 0.15) is 0 Å². The summed E-state index contributed by atoms with van der Waals surface area (Å²) in [6, 6.07) is 3.56. The van der Waals surface area contributed by atoms with Gasteiger partial charge in [0.15, 0.2) is 0 Å². The maximum absolute atomic E-state index is 3.86. The lowest BCUT2D eigenvalue weighted by Crippen LogP contribution is -2.44. The molecule has 2 unspecified atom stereocenters. The van der Waals surface area contributed by atoms with Gasteiger partial charge >= 0.3 is 0 Å². The molecule has 0 saturated carbocycles. The van der Waals surface area contributed by atoms with Crippen molar-refractivity contribution in [1.29, 1.82) is 0 Å². The molecule has 1 aliphatic rings. The van der Waals surface area contributed by atoms with Gasteiger partial charge in [0.2, 0.25) is 0 Å². The second kappa shape index (κ2) is 7.58. The summed E-state index contributed by atoms with van der Waals surface area (Å²) in [5.41, 5.74) is 1.57. The molecule has 20 heavy (non-hydrogen) atoms. The van der Waals surface area contributed by atoms with Crippen LogP contribution in [-0.2, 0) is 6.42 Å². The number of hydrogen-bond acceptors (Lipinski definition) is 3. The predicted octanol–water partition coefficient (Wildman–Crippen LogP) is 4.08. The molecule has 114 valence electrons. The van der Waals surface area contributed by atoms with E-state index >= 15 is 0 Å². The Hall–Kier alpha value is -0.380. The maximum Gasteiger partial charge on any atom is 0.0332 e. The third-order valence-electron chi connectivity index (χ3n) is 4.88. The summed E-state index contributed by atoms with van der Waals surface area (Å²) in [4.78, 5) is 4.01. The number of nitrogens with zero attached hydrogens (tertiary/aromatic N) is 1. The van der Waals surface area contributed by atoms with Gasteiger partial charge in [-0.15, -0.1) is 11.3 Å².